The molecule has 3 aromatic rings. The maximum absolute atomic E-state index is 13.5. The number of hydrogen-bond donors (Lipinski definition) is 0. The Bertz CT molecular complexity index is 1280. The van der Waals surface area contributed by atoms with Crippen LogP contribution in [0.4, 0.5) is 4.39 Å². The van der Waals surface area contributed by atoms with E-state index in [1.165, 1.54) is 24.3 Å². The number of carbonyl (C=O) groups is 1. The maximum atomic E-state index is 13.5. The summed E-state index contributed by atoms with van der Waals surface area (Å²) >= 11 is 1.08. The molecule has 0 bridgehead atoms. The van der Waals surface area contributed by atoms with Crippen LogP contribution in [0.3, 0.4) is 0 Å². The van der Waals surface area contributed by atoms with Crippen molar-refractivity contribution in [3.63, 3.8) is 0 Å². The quantitative estimate of drug-likeness (QED) is 0.371. The van der Waals surface area contributed by atoms with E-state index in [2.05, 4.69) is 11.1 Å². The zero-order valence-corrected chi connectivity index (χ0v) is 19.0. The second-order valence-corrected chi connectivity index (χ2v) is 9.73. The number of thioether (sulfide) groups is 1. The Hall–Kier alpha value is -3.22. The SMILES string of the molecule is CCOC(=O)CSc1nc(-c2ccc(F)cc2)c(-c2ccc(S(C)(=O)=O)cc2)cc1C#N. The standard InChI is InChI=1S/C23H19FN2O4S2/c1-3-30-21(27)14-31-23-17(13-25)12-20(15-6-10-19(11-7-15)32(2,28)29)22(26-23)16-4-8-18(24)9-5-16/h4-12H,3,14H2,1-2H3. The Kier molecular flexibility index (Phi) is 7.28. The van der Waals surface area contributed by atoms with Crippen LogP contribution in [0.5, 0.6) is 0 Å². The van der Waals surface area contributed by atoms with Gasteiger partial charge in [0.2, 0.25) is 0 Å². The molecular weight excluding hydrogens is 451 g/mol. The average molecular weight is 471 g/mol. The van der Waals surface area contributed by atoms with Gasteiger partial charge >= 0.3 is 5.97 Å². The number of ether oxygens (including phenoxy) is 1. The van der Waals surface area contributed by atoms with Gasteiger partial charge in [0.05, 0.1) is 28.5 Å². The fraction of sp³-hybridized carbons (Fsp3) is 0.174. The number of halogens is 1. The van der Waals surface area contributed by atoms with E-state index in [1.54, 1.807) is 37.3 Å². The molecule has 0 fully saturated rings. The first kappa shape index (κ1) is 23.4. The van der Waals surface area contributed by atoms with Gasteiger partial charge in [-0.1, -0.05) is 23.9 Å². The lowest BCUT2D eigenvalue weighted by atomic mass is 9.98. The van der Waals surface area contributed by atoms with Gasteiger partial charge < -0.3 is 4.74 Å². The lowest BCUT2D eigenvalue weighted by Gasteiger charge is -2.13. The second kappa shape index (κ2) is 9.94. The summed E-state index contributed by atoms with van der Waals surface area (Å²) in [6, 6.07) is 15.7. The van der Waals surface area contributed by atoms with Crippen molar-refractivity contribution in [2.45, 2.75) is 16.8 Å². The number of nitriles is 1. The number of benzene rings is 2. The zero-order chi connectivity index (χ0) is 23.3. The molecule has 6 nitrogen and oxygen atoms in total. The van der Waals surface area contributed by atoms with Crippen LogP contribution >= 0.6 is 11.8 Å². The summed E-state index contributed by atoms with van der Waals surface area (Å²) in [5.74, 6) is -0.842. The summed E-state index contributed by atoms with van der Waals surface area (Å²) in [7, 11) is -3.37. The van der Waals surface area contributed by atoms with E-state index in [4.69, 9.17) is 4.74 Å². The van der Waals surface area contributed by atoms with Crippen LogP contribution in [0.1, 0.15) is 12.5 Å². The average Bonchev–Trinajstić information content (AvgIpc) is 2.77. The maximum Gasteiger partial charge on any atom is 0.316 e. The molecule has 9 heteroatoms. The van der Waals surface area contributed by atoms with Crippen LogP contribution in [0, 0.1) is 17.1 Å². The van der Waals surface area contributed by atoms with Gasteiger partial charge in [-0.15, -0.1) is 0 Å². The molecule has 0 unspecified atom stereocenters. The third kappa shape index (κ3) is 5.52. The van der Waals surface area contributed by atoms with Crippen LogP contribution in [0.2, 0.25) is 0 Å². The zero-order valence-electron chi connectivity index (χ0n) is 17.3. The predicted octanol–water partition coefficient (Wildman–Crippen LogP) is 4.49. The van der Waals surface area contributed by atoms with Crippen LogP contribution in [0.25, 0.3) is 22.4 Å². The molecule has 1 aromatic heterocycles. The van der Waals surface area contributed by atoms with Crippen molar-refractivity contribution in [1.82, 2.24) is 4.98 Å². The predicted molar refractivity (Wildman–Crippen MR) is 120 cm³/mol. The van der Waals surface area contributed by atoms with Gasteiger partial charge in [-0.2, -0.15) is 5.26 Å². The number of aromatic nitrogens is 1. The van der Waals surface area contributed by atoms with Gasteiger partial charge in [-0.3, -0.25) is 4.79 Å². The van der Waals surface area contributed by atoms with E-state index < -0.39 is 21.6 Å². The van der Waals surface area contributed by atoms with Crippen molar-refractivity contribution in [1.29, 1.82) is 5.26 Å². The highest BCUT2D eigenvalue weighted by Crippen LogP contribution is 2.35. The molecule has 0 N–H and O–H groups in total. The van der Waals surface area contributed by atoms with Crippen LogP contribution in [0.15, 0.2) is 64.5 Å². The van der Waals surface area contributed by atoms with E-state index in [0.717, 1.165) is 18.0 Å². The van der Waals surface area contributed by atoms with Crippen LogP contribution in [-0.4, -0.2) is 38.0 Å². The van der Waals surface area contributed by atoms with Gasteiger partial charge in [0.25, 0.3) is 0 Å². The minimum atomic E-state index is -3.37. The van der Waals surface area contributed by atoms with Crippen molar-refractivity contribution in [2.24, 2.45) is 0 Å². The van der Waals surface area contributed by atoms with Crippen LogP contribution < -0.4 is 0 Å². The smallest absolute Gasteiger partial charge is 0.316 e. The first-order chi connectivity index (χ1) is 15.2. The molecule has 0 radical (unpaired) electrons. The van der Waals surface area contributed by atoms with Crippen molar-refractivity contribution >= 4 is 27.6 Å². The number of hydrogen-bond acceptors (Lipinski definition) is 7. The van der Waals surface area contributed by atoms with Crippen molar-refractivity contribution in [3.05, 3.63) is 66.0 Å². The summed E-state index contributed by atoms with van der Waals surface area (Å²) in [5.41, 5.74) is 2.56. The van der Waals surface area contributed by atoms with E-state index in [0.29, 0.717) is 27.4 Å². The highest BCUT2D eigenvalue weighted by Gasteiger charge is 2.17. The molecule has 164 valence electrons. The third-order valence-electron chi connectivity index (χ3n) is 4.45. The minimum Gasteiger partial charge on any atom is -0.465 e. The Morgan fingerprint density at radius 2 is 1.75 bits per heavy atom. The third-order valence-corrected chi connectivity index (χ3v) is 6.54. The van der Waals surface area contributed by atoms with Crippen molar-refractivity contribution in [3.8, 4) is 28.5 Å². The molecular formula is C23H19FN2O4S2. The molecule has 0 spiro atoms. The van der Waals surface area contributed by atoms with Gasteiger partial charge in [0.15, 0.2) is 9.84 Å². The van der Waals surface area contributed by atoms with E-state index in [-0.39, 0.29) is 22.8 Å². The fourth-order valence-electron chi connectivity index (χ4n) is 2.95. The first-order valence-electron chi connectivity index (χ1n) is 9.53. The normalized spacial score (nSPS) is 11.1. The van der Waals surface area contributed by atoms with Gasteiger partial charge in [0.1, 0.15) is 16.9 Å². The molecule has 32 heavy (non-hydrogen) atoms. The minimum absolute atomic E-state index is 0.0131. The lowest BCUT2D eigenvalue weighted by Crippen LogP contribution is -2.07. The molecule has 0 saturated heterocycles. The Balaban J connectivity index is 2.13. The second-order valence-electron chi connectivity index (χ2n) is 6.75. The summed E-state index contributed by atoms with van der Waals surface area (Å²) in [4.78, 5) is 16.5. The number of rotatable bonds is 7. The summed E-state index contributed by atoms with van der Waals surface area (Å²) in [6.07, 6.45) is 1.12. The molecule has 0 amide bonds. The van der Waals surface area contributed by atoms with Crippen molar-refractivity contribution in [2.75, 3.05) is 18.6 Å². The van der Waals surface area contributed by atoms with E-state index in [9.17, 15) is 22.9 Å². The Morgan fingerprint density at radius 1 is 1.12 bits per heavy atom. The van der Waals surface area contributed by atoms with Gasteiger partial charge in [0, 0.05) is 17.4 Å². The van der Waals surface area contributed by atoms with Crippen molar-refractivity contribution < 1.29 is 22.3 Å². The monoisotopic (exact) mass is 470 g/mol. The number of pyridine rings is 1. The lowest BCUT2D eigenvalue weighted by molar-refractivity contribution is -0.139. The molecule has 0 saturated carbocycles. The number of carbonyl (C=O) groups excluding carboxylic acids is 1. The summed E-state index contributed by atoms with van der Waals surface area (Å²) in [5, 5.41) is 10.0. The highest BCUT2D eigenvalue weighted by molar-refractivity contribution is 7.99. The number of sulfone groups is 1. The van der Waals surface area contributed by atoms with Gasteiger partial charge in [-0.25, -0.2) is 17.8 Å². The molecule has 0 aliphatic carbocycles. The van der Waals surface area contributed by atoms with E-state index in [1.807, 2.05) is 0 Å². The molecule has 0 aliphatic heterocycles. The molecule has 0 aliphatic rings. The molecule has 2 aromatic carbocycles. The molecule has 1 heterocycles. The van der Waals surface area contributed by atoms with Gasteiger partial charge in [-0.05, 0) is 55.0 Å². The van der Waals surface area contributed by atoms with E-state index >= 15 is 0 Å². The number of esters is 1. The first-order valence-corrected chi connectivity index (χ1v) is 12.4. The number of nitrogens with zero attached hydrogens (tertiary/aromatic N) is 2. The highest BCUT2D eigenvalue weighted by atomic mass is 32.2. The Morgan fingerprint density at radius 3 is 2.31 bits per heavy atom. The topological polar surface area (TPSA) is 97.1 Å². The largest absolute Gasteiger partial charge is 0.465 e. The molecule has 0 atom stereocenters. The molecule has 3 rings (SSSR count). The fourth-order valence-corrected chi connectivity index (χ4v) is 4.33. The summed E-state index contributed by atoms with van der Waals surface area (Å²) < 4.78 is 42.0. The summed E-state index contributed by atoms with van der Waals surface area (Å²) in [6.45, 7) is 1.96. The Labute approximate surface area is 190 Å². The van der Waals surface area contributed by atoms with Crippen LogP contribution in [-0.2, 0) is 19.4 Å².